The van der Waals surface area contributed by atoms with Crippen LogP contribution in [-0.4, -0.2) is 23.9 Å². The maximum Gasteiger partial charge on any atom is 0.219 e. The molecule has 1 heterocycles. The minimum Gasteiger partial charge on any atom is -0.342 e. The Labute approximate surface area is 119 Å². The molecule has 112 valence electrons. The summed E-state index contributed by atoms with van der Waals surface area (Å²) in [6, 6.07) is 0. The van der Waals surface area contributed by atoms with E-state index in [1.165, 1.54) is 12.8 Å². The summed E-state index contributed by atoms with van der Waals surface area (Å²) in [5.74, 6) is 0.914. The van der Waals surface area contributed by atoms with Gasteiger partial charge in [0.25, 0.3) is 0 Å². The molecule has 0 unspecified atom stereocenters. The van der Waals surface area contributed by atoms with Gasteiger partial charge in [0.15, 0.2) is 0 Å². The van der Waals surface area contributed by atoms with Crippen LogP contribution in [0, 0.1) is 22.2 Å². The van der Waals surface area contributed by atoms with Gasteiger partial charge in [0.2, 0.25) is 5.91 Å². The Bertz CT molecular complexity index is 319. The fourth-order valence-corrected chi connectivity index (χ4v) is 2.22. The molecule has 0 aromatic heterocycles. The Morgan fingerprint density at radius 1 is 1.05 bits per heavy atom. The molecule has 0 N–H and O–H groups in total. The molecule has 1 aliphatic heterocycles. The van der Waals surface area contributed by atoms with E-state index < -0.39 is 0 Å². The summed E-state index contributed by atoms with van der Waals surface area (Å²) in [7, 11) is 0. The van der Waals surface area contributed by atoms with Gasteiger partial charge < -0.3 is 4.90 Å². The number of carbonyl (C=O) groups is 1. The fourth-order valence-electron chi connectivity index (χ4n) is 2.22. The van der Waals surface area contributed by atoms with Crippen molar-refractivity contribution >= 4 is 5.91 Å². The van der Waals surface area contributed by atoms with Crippen LogP contribution in [0.4, 0.5) is 0 Å². The van der Waals surface area contributed by atoms with E-state index in [9.17, 15) is 4.79 Å². The highest BCUT2D eigenvalue weighted by molar-refractivity contribution is 5.74. The first-order valence-corrected chi connectivity index (χ1v) is 7.62. The van der Waals surface area contributed by atoms with E-state index in [2.05, 4.69) is 48.5 Å². The van der Waals surface area contributed by atoms with E-state index >= 15 is 0 Å². The second-order valence-electron chi connectivity index (χ2n) is 8.80. The molecule has 0 bridgehead atoms. The molecule has 1 amide bonds. The van der Waals surface area contributed by atoms with Crippen molar-refractivity contribution in [2.24, 2.45) is 22.2 Å². The largest absolute Gasteiger partial charge is 0.342 e. The molecule has 2 rings (SSSR count). The molecule has 0 spiro atoms. The molecular weight excluding hydrogens is 234 g/mol. The molecule has 1 saturated heterocycles. The molecule has 2 nitrogen and oxygen atoms in total. The molecule has 2 aliphatic rings. The van der Waals surface area contributed by atoms with E-state index in [1.54, 1.807) is 6.92 Å². The lowest BCUT2D eigenvalue weighted by Crippen LogP contribution is -2.53. The third kappa shape index (κ3) is 4.22. The zero-order chi connectivity index (χ0) is 15.1. The normalized spacial score (nSPS) is 22.2. The average Bonchev–Trinajstić information content (AvgIpc) is 2.77. The molecule has 2 fully saturated rings. The first kappa shape index (κ1) is 16.5. The number of hydrogen-bond acceptors (Lipinski definition) is 1. The van der Waals surface area contributed by atoms with Gasteiger partial charge >= 0.3 is 0 Å². The van der Waals surface area contributed by atoms with Gasteiger partial charge in [0.05, 0.1) is 0 Å². The fraction of sp³-hybridized carbons (Fsp3) is 0.941. The van der Waals surface area contributed by atoms with Crippen LogP contribution < -0.4 is 0 Å². The molecule has 1 saturated carbocycles. The Hall–Kier alpha value is -0.530. The lowest BCUT2D eigenvalue weighted by molar-refractivity contribution is -0.137. The topological polar surface area (TPSA) is 20.3 Å². The molecule has 1 aliphatic carbocycles. The van der Waals surface area contributed by atoms with E-state index in [0.29, 0.717) is 22.2 Å². The van der Waals surface area contributed by atoms with Crippen LogP contribution in [0.25, 0.3) is 0 Å². The van der Waals surface area contributed by atoms with Crippen molar-refractivity contribution in [1.29, 1.82) is 0 Å². The van der Waals surface area contributed by atoms with Crippen LogP contribution >= 0.6 is 0 Å². The molecular formula is C17H33NO. The van der Waals surface area contributed by atoms with Gasteiger partial charge in [-0.25, -0.2) is 0 Å². The minimum atomic E-state index is 0.213. The van der Waals surface area contributed by atoms with Crippen LogP contribution in [0.2, 0.25) is 0 Å². The summed E-state index contributed by atoms with van der Waals surface area (Å²) in [5.41, 5.74) is 1.60. The molecule has 0 atom stereocenters. The van der Waals surface area contributed by atoms with Gasteiger partial charge in [0.1, 0.15) is 0 Å². The number of hydrogen-bond donors (Lipinski definition) is 0. The summed E-state index contributed by atoms with van der Waals surface area (Å²) in [5, 5.41) is 0. The number of carbonyl (C=O) groups excluding carboxylic acids is 1. The van der Waals surface area contributed by atoms with Crippen molar-refractivity contribution in [2.75, 3.05) is 13.1 Å². The number of likely N-dealkylation sites (tertiary alicyclic amines) is 1. The summed E-state index contributed by atoms with van der Waals surface area (Å²) >= 11 is 0. The third-order valence-corrected chi connectivity index (χ3v) is 5.36. The summed E-state index contributed by atoms with van der Waals surface area (Å²) in [6.07, 6.45) is 2.88. The van der Waals surface area contributed by atoms with E-state index in [4.69, 9.17) is 0 Å². The molecule has 0 aromatic rings. The van der Waals surface area contributed by atoms with E-state index in [1.807, 2.05) is 4.90 Å². The van der Waals surface area contributed by atoms with Crippen molar-refractivity contribution in [3.63, 3.8) is 0 Å². The minimum absolute atomic E-state index is 0.213. The number of amides is 1. The van der Waals surface area contributed by atoms with Crippen molar-refractivity contribution in [3.8, 4) is 0 Å². The van der Waals surface area contributed by atoms with Gasteiger partial charge in [-0.1, -0.05) is 48.5 Å². The van der Waals surface area contributed by atoms with Gasteiger partial charge in [0, 0.05) is 20.0 Å². The Morgan fingerprint density at radius 3 is 1.63 bits per heavy atom. The van der Waals surface area contributed by atoms with Crippen molar-refractivity contribution in [3.05, 3.63) is 0 Å². The second kappa shape index (κ2) is 5.10. The second-order valence-corrected chi connectivity index (χ2v) is 8.80. The molecule has 19 heavy (non-hydrogen) atoms. The van der Waals surface area contributed by atoms with Crippen molar-refractivity contribution < 1.29 is 4.79 Å². The number of rotatable bonds is 0. The average molecular weight is 267 g/mol. The van der Waals surface area contributed by atoms with Gasteiger partial charge in [-0.15, -0.1) is 0 Å². The summed E-state index contributed by atoms with van der Waals surface area (Å²) < 4.78 is 0. The monoisotopic (exact) mass is 267 g/mol. The maximum atomic E-state index is 10.8. The van der Waals surface area contributed by atoms with E-state index in [0.717, 1.165) is 13.1 Å². The molecule has 2 heteroatoms. The van der Waals surface area contributed by atoms with E-state index in [-0.39, 0.29) is 5.91 Å². The Kier molecular flexibility index (Phi) is 4.44. The van der Waals surface area contributed by atoms with Crippen LogP contribution in [0.5, 0.6) is 0 Å². The van der Waals surface area contributed by atoms with Crippen molar-refractivity contribution in [2.45, 2.75) is 68.2 Å². The van der Waals surface area contributed by atoms with Gasteiger partial charge in [-0.3, -0.25) is 4.79 Å². The quantitative estimate of drug-likeness (QED) is 0.639. The third-order valence-electron chi connectivity index (χ3n) is 5.36. The zero-order valence-electron chi connectivity index (χ0n) is 14.3. The Morgan fingerprint density at radius 2 is 1.47 bits per heavy atom. The van der Waals surface area contributed by atoms with Gasteiger partial charge in [-0.05, 0) is 35.0 Å². The van der Waals surface area contributed by atoms with Crippen LogP contribution in [-0.2, 0) is 4.79 Å². The van der Waals surface area contributed by atoms with Crippen molar-refractivity contribution in [1.82, 2.24) is 4.90 Å². The van der Waals surface area contributed by atoms with Crippen LogP contribution in [0.1, 0.15) is 68.2 Å². The van der Waals surface area contributed by atoms with Crippen LogP contribution in [0.3, 0.4) is 0 Å². The molecule has 0 aromatic carbocycles. The Balaban J connectivity index is 0.000000200. The first-order valence-electron chi connectivity index (χ1n) is 7.62. The summed E-state index contributed by atoms with van der Waals surface area (Å²) in [6.45, 7) is 19.6. The van der Waals surface area contributed by atoms with Crippen LogP contribution in [0.15, 0.2) is 0 Å². The standard InChI is InChI=1S/C9H17NO.C8H16/c1-7(11)10-5-8(6-10)9(2,3)4;1-7(2,3)8(4)5-6-8/h8H,5-6H2,1-4H3;5-6H2,1-4H3. The van der Waals surface area contributed by atoms with Gasteiger partial charge in [-0.2, -0.15) is 0 Å². The maximum absolute atomic E-state index is 10.8. The summed E-state index contributed by atoms with van der Waals surface area (Å²) in [4.78, 5) is 12.7. The predicted molar refractivity (Wildman–Crippen MR) is 82.0 cm³/mol. The molecule has 0 radical (unpaired) electrons. The highest BCUT2D eigenvalue weighted by Gasteiger charge is 2.47. The SMILES string of the molecule is CC(=O)N1CC(C(C)(C)C)C1.CC(C)(C)C1(C)CC1. The lowest BCUT2D eigenvalue weighted by Gasteiger charge is -2.45. The predicted octanol–water partition coefficient (Wildman–Crippen LogP) is 4.34. The first-order chi connectivity index (χ1) is 8.37. The zero-order valence-corrected chi connectivity index (χ0v) is 14.3. The highest BCUT2D eigenvalue weighted by Crippen LogP contribution is 2.57. The smallest absolute Gasteiger partial charge is 0.219 e. The number of nitrogens with zero attached hydrogens (tertiary/aromatic N) is 1. The highest BCUT2D eigenvalue weighted by atomic mass is 16.2. The lowest BCUT2D eigenvalue weighted by atomic mass is 9.76.